The van der Waals surface area contributed by atoms with Crippen molar-refractivity contribution in [2.75, 3.05) is 13.1 Å². The van der Waals surface area contributed by atoms with E-state index in [9.17, 15) is 4.79 Å². The van der Waals surface area contributed by atoms with Crippen molar-refractivity contribution in [3.05, 3.63) is 36.2 Å². The van der Waals surface area contributed by atoms with Crippen LogP contribution < -0.4 is 4.74 Å². The predicted octanol–water partition coefficient (Wildman–Crippen LogP) is 4.32. The lowest BCUT2D eigenvalue weighted by atomic mass is 10.1. The van der Waals surface area contributed by atoms with Crippen LogP contribution in [-0.4, -0.2) is 40.8 Å². The van der Waals surface area contributed by atoms with E-state index in [-0.39, 0.29) is 12.2 Å². The second-order valence-corrected chi connectivity index (χ2v) is 7.57. The molecule has 5 heteroatoms. The minimum Gasteiger partial charge on any atom is -0.490 e. The van der Waals surface area contributed by atoms with Gasteiger partial charge in [-0.3, -0.25) is 4.98 Å². The van der Waals surface area contributed by atoms with Crippen LogP contribution >= 0.6 is 0 Å². The molecular formula is C20H26N2O3. The van der Waals surface area contributed by atoms with Gasteiger partial charge in [0.25, 0.3) is 0 Å². The predicted molar refractivity (Wildman–Crippen MR) is 97.9 cm³/mol. The number of hydrogen-bond acceptors (Lipinski definition) is 4. The third-order valence-electron chi connectivity index (χ3n) is 4.43. The van der Waals surface area contributed by atoms with Crippen LogP contribution in [-0.2, 0) is 4.74 Å². The van der Waals surface area contributed by atoms with E-state index in [1.165, 1.54) is 5.39 Å². The average molecular weight is 342 g/mol. The first-order chi connectivity index (χ1) is 11.8. The molecule has 2 heterocycles. The summed E-state index contributed by atoms with van der Waals surface area (Å²) in [6.45, 7) is 9.07. The lowest BCUT2D eigenvalue weighted by molar-refractivity contribution is 0.0126. The van der Waals surface area contributed by atoms with Crippen molar-refractivity contribution in [2.45, 2.75) is 52.2 Å². The van der Waals surface area contributed by atoms with Crippen LogP contribution in [0.5, 0.6) is 5.75 Å². The monoisotopic (exact) mass is 342 g/mol. The van der Waals surface area contributed by atoms with Gasteiger partial charge in [-0.25, -0.2) is 4.79 Å². The second kappa shape index (κ2) is 6.90. The Morgan fingerprint density at radius 3 is 2.60 bits per heavy atom. The second-order valence-electron chi connectivity index (χ2n) is 7.57. The van der Waals surface area contributed by atoms with Crippen LogP contribution in [0.2, 0.25) is 0 Å². The third kappa shape index (κ3) is 4.21. The van der Waals surface area contributed by atoms with Crippen molar-refractivity contribution in [2.24, 2.45) is 0 Å². The highest BCUT2D eigenvalue weighted by Gasteiger charge is 2.27. The molecule has 1 aliphatic rings. The van der Waals surface area contributed by atoms with Crippen LogP contribution in [0.3, 0.4) is 0 Å². The van der Waals surface area contributed by atoms with Gasteiger partial charge >= 0.3 is 6.09 Å². The van der Waals surface area contributed by atoms with Crippen molar-refractivity contribution in [3.63, 3.8) is 0 Å². The van der Waals surface area contributed by atoms with Crippen LogP contribution in [0.4, 0.5) is 4.79 Å². The lowest BCUT2D eigenvalue weighted by Crippen LogP contribution is -2.44. The number of aromatic nitrogens is 1. The van der Waals surface area contributed by atoms with Crippen molar-refractivity contribution in [1.29, 1.82) is 0 Å². The summed E-state index contributed by atoms with van der Waals surface area (Å²) in [5, 5.41) is 2.28. The van der Waals surface area contributed by atoms with Crippen molar-refractivity contribution in [3.8, 4) is 5.75 Å². The number of pyridine rings is 1. The minimum absolute atomic E-state index is 0.122. The maximum absolute atomic E-state index is 12.1. The maximum Gasteiger partial charge on any atom is 0.410 e. The molecule has 0 aliphatic carbocycles. The minimum atomic E-state index is -0.457. The van der Waals surface area contributed by atoms with E-state index >= 15 is 0 Å². The number of carbonyl (C=O) groups is 1. The molecule has 134 valence electrons. The first-order valence-electron chi connectivity index (χ1n) is 8.81. The zero-order valence-corrected chi connectivity index (χ0v) is 15.4. The highest BCUT2D eigenvalue weighted by atomic mass is 16.6. The van der Waals surface area contributed by atoms with Gasteiger partial charge in [0.05, 0.1) is 0 Å². The number of carbonyl (C=O) groups excluding carboxylic acids is 1. The summed E-state index contributed by atoms with van der Waals surface area (Å²) in [6, 6.07) is 6.07. The normalized spacial score (nSPS) is 16.1. The molecule has 2 aromatic rings. The summed E-state index contributed by atoms with van der Waals surface area (Å²) < 4.78 is 11.7. The molecule has 1 saturated heterocycles. The Kier molecular flexibility index (Phi) is 4.84. The van der Waals surface area contributed by atoms with E-state index in [1.807, 2.05) is 45.2 Å². The number of rotatable bonds is 2. The van der Waals surface area contributed by atoms with E-state index in [2.05, 4.69) is 11.9 Å². The summed E-state index contributed by atoms with van der Waals surface area (Å²) in [5.41, 5.74) is 0.677. The molecule has 0 unspecified atom stereocenters. The zero-order valence-electron chi connectivity index (χ0n) is 15.4. The van der Waals surface area contributed by atoms with Gasteiger partial charge in [-0.1, -0.05) is 0 Å². The average Bonchev–Trinajstić information content (AvgIpc) is 2.57. The van der Waals surface area contributed by atoms with Crippen LogP contribution in [0.25, 0.3) is 10.8 Å². The molecule has 1 aromatic heterocycles. The Hall–Kier alpha value is -2.30. The number of amides is 1. The van der Waals surface area contributed by atoms with Crippen LogP contribution in [0.1, 0.15) is 39.2 Å². The third-order valence-corrected chi connectivity index (χ3v) is 4.43. The SMILES string of the molecule is Cc1c(OC2CCN(C(=O)OC(C)(C)C)CC2)ccc2cnccc12. The molecule has 0 N–H and O–H groups in total. The number of fused-ring (bicyclic) bond motifs is 1. The number of piperidine rings is 1. The summed E-state index contributed by atoms with van der Waals surface area (Å²) in [5.74, 6) is 0.911. The van der Waals surface area contributed by atoms with Gasteiger partial charge in [0.2, 0.25) is 0 Å². The number of benzene rings is 1. The molecule has 1 amide bonds. The van der Waals surface area contributed by atoms with E-state index in [0.717, 1.165) is 29.5 Å². The maximum atomic E-state index is 12.1. The standard InChI is InChI=1S/C20H26N2O3/c1-14-17-7-10-21-13-15(17)5-6-18(14)24-16-8-11-22(12-9-16)19(23)25-20(2,3)4/h5-7,10,13,16H,8-9,11-12H2,1-4H3. The molecule has 25 heavy (non-hydrogen) atoms. The van der Waals surface area contributed by atoms with Gasteiger partial charge in [-0.15, -0.1) is 0 Å². The Balaban J connectivity index is 1.61. The van der Waals surface area contributed by atoms with Crippen molar-refractivity contribution >= 4 is 16.9 Å². The Labute approximate surface area is 148 Å². The molecular weight excluding hydrogens is 316 g/mol. The number of likely N-dealkylation sites (tertiary alicyclic amines) is 1. The summed E-state index contributed by atoms with van der Waals surface area (Å²) >= 11 is 0. The number of nitrogens with zero attached hydrogens (tertiary/aromatic N) is 2. The Morgan fingerprint density at radius 2 is 1.92 bits per heavy atom. The fourth-order valence-corrected chi connectivity index (χ4v) is 3.09. The van der Waals surface area contributed by atoms with E-state index in [1.54, 1.807) is 11.1 Å². The molecule has 1 aliphatic heterocycles. The number of hydrogen-bond donors (Lipinski definition) is 0. The molecule has 0 atom stereocenters. The Bertz CT molecular complexity index is 759. The van der Waals surface area contributed by atoms with Crippen LogP contribution in [0, 0.1) is 6.92 Å². The van der Waals surface area contributed by atoms with Gasteiger partial charge in [-0.05, 0) is 56.8 Å². The first-order valence-corrected chi connectivity index (χ1v) is 8.81. The fourth-order valence-electron chi connectivity index (χ4n) is 3.09. The zero-order chi connectivity index (χ0) is 18.0. The van der Waals surface area contributed by atoms with Gasteiger partial charge in [0.1, 0.15) is 17.5 Å². The molecule has 0 radical (unpaired) electrons. The molecule has 0 bridgehead atoms. The quantitative estimate of drug-likeness (QED) is 0.815. The highest BCUT2D eigenvalue weighted by Crippen LogP contribution is 2.29. The van der Waals surface area contributed by atoms with E-state index in [4.69, 9.17) is 9.47 Å². The van der Waals surface area contributed by atoms with Gasteiger partial charge in [0.15, 0.2) is 0 Å². The number of aryl methyl sites for hydroxylation is 1. The Morgan fingerprint density at radius 1 is 1.20 bits per heavy atom. The van der Waals surface area contributed by atoms with Crippen molar-refractivity contribution in [1.82, 2.24) is 9.88 Å². The molecule has 0 saturated carbocycles. The lowest BCUT2D eigenvalue weighted by Gasteiger charge is -2.33. The molecule has 0 spiro atoms. The van der Waals surface area contributed by atoms with Crippen molar-refractivity contribution < 1.29 is 14.3 Å². The van der Waals surface area contributed by atoms with Gasteiger partial charge in [-0.2, -0.15) is 0 Å². The van der Waals surface area contributed by atoms with Gasteiger partial charge < -0.3 is 14.4 Å². The van der Waals surface area contributed by atoms with E-state index in [0.29, 0.717) is 13.1 Å². The topological polar surface area (TPSA) is 51.7 Å². The molecule has 1 aromatic carbocycles. The number of ether oxygens (including phenoxy) is 2. The summed E-state index contributed by atoms with van der Waals surface area (Å²) in [6.07, 6.45) is 5.18. The molecule has 1 fully saturated rings. The molecule has 3 rings (SSSR count). The van der Waals surface area contributed by atoms with Gasteiger partial charge in [0, 0.05) is 43.7 Å². The van der Waals surface area contributed by atoms with Crippen LogP contribution in [0.15, 0.2) is 30.6 Å². The first kappa shape index (κ1) is 17.5. The highest BCUT2D eigenvalue weighted by molar-refractivity contribution is 5.86. The van der Waals surface area contributed by atoms with E-state index < -0.39 is 5.60 Å². The largest absolute Gasteiger partial charge is 0.490 e. The fraction of sp³-hybridized carbons (Fsp3) is 0.500. The summed E-state index contributed by atoms with van der Waals surface area (Å²) in [4.78, 5) is 18.1. The molecule has 5 nitrogen and oxygen atoms in total. The summed E-state index contributed by atoms with van der Waals surface area (Å²) in [7, 11) is 0. The smallest absolute Gasteiger partial charge is 0.410 e.